The molecule has 0 radical (unpaired) electrons. The Labute approximate surface area is 213 Å². The minimum Gasteiger partial charge on any atom is -0.483 e. The fourth-order valence-electron chi connectivity index (χ4n) is 4.21. The van der Waals surface area contributed by atoms with Crippen molar-refractivity contribution >= 4 is 34.3 Å². The van der Waals surface area contributed by atoms with Crippen molar-refractivity contribution in [1.82, 2.24) is 0 Å². The molecule has 6 nitrogen and oxygen atoms in total. The van der Waals surface area contributed by atoms with Gasteiger partial charge in [0.25, 0.3) is 0 Å². The summed E-state index contributed by atoms with van der Waals surface area (Å²) in [6.07, 6.45) is 10.9. The largest absolute Gasteiger partial charge is 0.483 e. The predicted molar refractivity (Wildman–Crippen MR) is 138 cm³/mol. The van der Waals surface area contributed by atoms with Crippen molar-refractivity contribution in [3.63, 3.8) is 0 Å². The van der Waals surface area contributed by atoms with Crippen LogP contribution in [0.2, 0.25) is 5.02 Å². The number of rotatable bonds is 14. The van der Waals surface area contributed by atoms with Gasteiger partial charge in [-0.25, -0.2) is 0 Å². The minimum atomic E-state index is -0.351. The molecule has 2 aromatic rings. The van der Waals surface area contributed by atoms with Gasteiger partial charge >= 0.3 is 11.9 Å². The monoisotopic (exact) mass is 504 g/mol. The summed E-state index contributed by atoms with van der Waals surface area (Å²) in [6, 6.07) is 5.26. The molecule has 0 N–H and O–H groups in total. The molecule has 1 aliphatic heterocycles. The summed E-state index contributed by atoms with van der Waals surface area (Å²) in [7, 11) is 0. The third-order valence-electron chi connectivity index (χ3n) is 6.08. The van der Waals surface area contributed by atoms with E-state index >= 15 is 0 Å². The van der Waals surface area contributed by atoms with Crippen LogP contribution in [0.1, 0.15) is 90.9 Å². The minimum absolute atomic E-state index is 0.221. The molecule has 0 amide bonds. The summed E-state index contributed by atoms with van der Waals surface area (Å²) in [4.78, 5) is 25.4. The van der Waals surface area contributed by atoms with Gasteiger partial charge in [0.2, 0.25) is 11.5 Å². The summed E-state index contributed by atoms with van der Waals surface area (Å²) in [5.41, 5.74) is 0. The molecule has 0 unspecified atom stereocenters. The molecule has 7 heteroatoms. The third kappa shape index (κ3) is 7.50. The standard InChI is InChI=1S/C28H37ClO6/c1-3-5-7-9-11-16-22(30)34-25-20-14-13-15-21(29)24(20)26(28-27(25)32-18-19-33-28)35-23(31)17-12-10-8-6-4-2/h13-15H,3-12,16-19H2,1-2H3. The average molecular weight is 505 g/mol. The molecule has 3 rings (SSSR count). The van der Waals surface area contributed by atoms with Gasteiger partial charge in [0.15, 0.2) is 11.5 Å². The number of carbonyl (C=O) groups excluding carboxylic acids is 2. The molecule has 0 spiro atoms. The van der Waals surface area contributed by atoms with Gasteiger partial charge < -0.3 is 18.9 Å². The van der Waals surface area contributed by atoms with E-state index in [4.69, 9.17) is 30.5 Å². The Morgan fingerprint density at radius 2 is 1.29 bits per heavy atom. The molecule has 2 aromatic carbocycles. The van der Waals surface area contributed by atoms with Crippen LogP contribution in [0.15, 0.2) is 18.2 Å². The first kappa shape index (κ1) is 27.1. The van der Waals surface area contributed by atoms with Gasteiger partial charge in [-0.3, -0.25) is 9.59 Å². The van der Waals surface area contributed by atoms with E-state index in [2.05, 4.69) is 13.8 Å². The molecule has 1 heterocycles. The summed E-state index contributed by atoms with van der Waals surface area (Å²) in [5, 5.41) is 1.40. The normalized spacial score (nSPS) is 12.5. The van der Waals surface area contributed by atoms with Crippen LogP contribution in [-0.4, -0.2) is 25.2 Å². The number of esters is 2. The van der Waals surface area contributed by atoms with Gasteiger partial charge in [-0.2, -0.15) is 0 Å². The third-order valence-corrected chi connectivity index (χ3v) is 6.40. The van der Waals surface area contributed by atoms with Crippen molar-refractivity contribution in [1.29, 1.82) is 0 Å². The van der Waals surface area contributed by atoms with E-state index in [9.17, 15) is 9.59 Å². The van der Waals surface area contributed by atoms with Gasteiger partial charge in [0.05, 0.1) is 10.4 Å². The van der Waals surface area contributed by atoms with E-state index in [0.717, 1.165) is 64.2 Å². The lowest BCUT2D eigenvalue weighted by molar-refractivity contribution is -0.135. The van der Waals surface area contributed by atoms with E-state index < -0.39 is 0 Å². The number of hydrogen-bond donors (Lipinski definition) is 0. The molecule has 0 fully saturated rings. The first-order valence-electron chi connectivity index (χ1n) is 13.0. The summed E-state index contributed by atoms with van der Waals surface area (Å²) < 4.78 is 23.4. The lowest BCUT2D eigenvalue weighted by atomic mass is 10.1. The van der Waals surface area contributed by atoms with Crippen molar-refractivity contribution in [3.05, 3.63) is 23.2 Å². The van der Waals surface area contributed by atoms with Crippen LogP contribution in [0.4, 0.5) is 0 Å². The Bertz CT molecular complexity index is 1000. The SMILES string of the molecule is CCCCCCCC(=O)Oc1c2c(c(OC(=O)CCCCCCC)c3c(Cl)cccc13)OCCO2. The van der Waals surface area contributed by atoms with Crippen LogP contribution < -0.4 is 18.9 Å². The van der Waals surface area contributed by atoms with E-state index in [0.29, 0.717) is 35.2 Å². The second-order valence-corrected chi connectivity index (χ2v) is 9.36. The highest BCUT2D eigenvalue weighted by atomic mass is 35.5. The smallest absolute Gasteiger partial charge is 0.311 e. The maximum Gasteiger partial charge on any atom is 0.311 e. The summed E-state index contributed by atoms with van der Waals surface area (Å²) in [6.45, 7) is 4.90. The first-order chi connectivity index (χ1) is 17.1. The summed E-state index contributed by atoms with van der Waals surface area (Å²) in [5.74, 6) is 0.318. The van der Waals surface area contributed by atoms with Crippen molar-refractivity contribution in [2.75, 3.05) is 13.2 Å². The number of unbranched alkanes of at least 4 members (excludes halogenated alkanes) is 8. The Morgan fingerprint density at radius 1 is 0.771 bits per heavy atom. The highest BCUT2D eigenvalue weighted by Gasteiger charge is 2.30. The summed E-state index contributed by atoms with van der Waals surface area (Å²) >= 11 is 6.56. The Hall–Kier alpha value is -2.47. The predicted octanol–water partition coefficient (Wildman–Crippen LogP) is 7.80. The highest BCUT2D eigenvalue weighted by molar-refractivity contribution is 6.36. The average Bonchev–Trinajstić information content (AvgIpc) is 2.85. The Balaban J connectivity index is 1.85. The molecular weight excluding hydrogens is 468 g/mol. The molecule has 35 heavy (non-hydrogen) atoms. The van der Waals surface area contributed by atoms with Gasteiger partial charge in [-0.1, -0.05) is 88.9 Å². The van der Waals surface area contributed by atoms with Crippen LogP contribution in [-0.2, 0) is 9.59 Å². The lowest BCUT2D eigenvalue weighted by Crippen LogP contribution is -2.19. The van der Waals surface area contributed by atoms with Crippen LogP contribution in [0.25, 0.3) is 10.8 Å². The van der Waals surface area contributed by atoms with Crippen molar-refractivity contribution in [2.45, 2.75) is 90.9 Å². The number of ether oxygens (including phenoxy) is 4. The van der Waals surface area contributed by atoms with Gasteiger partial charge in [-0.15, -0.1) is 0 Å². The second kappa shape index (κ2) is 14.2. The van der Waals surface area contributed by atoms with Crippen LogP contribution >= 0.6 is 11.6 Å². The zero-order valence-corrected chi connectivity index (χ0v) is 21.7. The maximum absolute atomic E-state index is 12.7. The van der Waals surface area contributed by atoms with E-state index in [1.165, 1.54) is 0 Å². The molecule has 1 aliphatic rings. The van der Waals surface area contributed by atoms with E-state index in [1.54, 1.807) is 18.2 Å². The first-order valence-corrected chi connectivity index (χ1v) is 13.4. The van der Waals surface area contributed by atoms with Crippen LogP contribution in [0.3, 0.4) is 0 Å². The molecular formula is C28H37ClO6. The zero-order chi connectivity index (χ0) is 25.0. The van der Waals surface area contributed by atoms with Gasteiger partial charge in [0, 0.05) is 18.2 Å². The fourth-order valence-corrected chi connectivity index (χ4v) is 4.47. The quantitative estimate of drug-likeness (QED) is 0.148. The number of carbonyl (C=O) groups is 2. The van der Waals surface area contributed by atoms with Crippen molar-refractivity contribution in [2.24, 2.45) is 0 Å². The maximum atomic E-state index is 12.7. The van der Waals surface area contributed by atoms with Gasteiger partial charge in [0.1, 0.15) is 13.2 Å². The molecule has 0 aromatic heterocycles. The zero-order valence-electron chi connectivity index (χ0n) is 21.0. The number of hydrogen-bond acceptors (Lipinski definition) is 6. The van der Waals surface area contributed by atoms with Crippen molar-refractivity contribution < 1.29 is 28.5 Å². The number of fused-ring (bicyclic) bond motifs is 2. The topological polar surface area (TPSA) is 71.1 Å². The van der Waals surface area contributed by atoms with Crippen LogP contribution in [0.5, 0.6) is 23.0 Å². The molecule has 0 aliphatic carbocycles. The molecule has 0 saturated heterocycles. The molecule has 0 saturated carbocycles. The van der Waals surface area contributed by atoms with E-state index in [1.807, 2.05) is 0 Å². The Morgan fingerprint density at radius 3 is 1.86 bits per heavy atom. The fraction of sp³-hybridized carbons (Fsp3) is 0.571. The Kier molecular flexibility index (Phi) is 11.0. The van der Waals surface area contributed by atoms with Crippen LogP contribution in [0, 0.1) is 0 Å². The lowest BCUT2D eigenvalue weighted by Gasteiger charge is -2.25. The molecule has 0 bridgehead atoms. The molecule has 0 atom stereocenters. The number of benzene rings is 2. The second-order valence-electron chi connectivity index (χ2n) is 8.95. The molecule has 192 valence electrons. The van der Waals surface area contributed by atoms with Crippen molar-refractivity contribution in [3.8, 4) is 23.0 Å². The van der Waals surface area contributed by atoms with Gasteiger partial charge in [-0.05, 0) is 18.9 Å². The van der Waals surface area contributed by atoms with E-state index in [-0.39, 0.29) is 41.5 Å². The number of halogens is 1. The highest BCUT2D eigenvalue weighted by Crippen LogP contribution is 2.54.